The molecule has 0 aliphatic rings. The van der Waals surface area contributed by atoms with Gasteiger partial charge in [0, 0.05) is 0 Å². The molecule has 0 N–H and O–H groups in total. The van der Waals surface area contributed by atoms with Crippen LogP contribution in [0.3, 0.4) is 0 Å². The fourth-order valence-electron chi connectivity index (χ4n) is 2.35. The summed E-state index contributed by atoms with van der Waals surface area (Å²) in [6.07, 6.45) is 2.04. The summed E-state index contributed by atoms with van der Waals surface area (Å²) < 4.78 is 16.0. The van der Waals surface area contributed by atoms with E-state index in [1.165, 1.54) is 6.07 Å². The van der Waals surface area contributed by atoms with Crippen LogP contribution in [0.1, 0.15) is 30.1 Å². The van der Waals surface area contributed by atoms with Crippen molar-refractivity contribution in [2.75, 3.05) is 6.61 Å². The van der Waals surface area contributed by atoms with Crippen molar-refractivity contribution in [2.24, 2.45) is 0 Å². The van der Waals surface area contributed by atoms with E-state index in [2.05, 4.69) is 6.92 Å². The van der Waals surface area contributed by atoms with E-state index in [1.807, 2.05) is 0 Å². The predicted molar refractivity (Wildman–Crippen MR) is 94.3 cm³/mol. The van der Waals surface area contributed by atoms with E-state index < -0.39 is 11.6 Å². The van der Waals surface area contributed by atoms with Gasteiger partial charge < -0.3 is 13.9 Å². The van der Waals surface area contributed by atoms with Gasteiger partial charge in [-0.25, -0.2) is 9.59 Å². The highest BCUT2D eigenvalue weighted by atomic mass is 16.5. The molecule has 0 aliphatic heterocycles. The maximum Gasteiger partial charge on any atom is 0.343 e. The van der Waals surface area contributed by atoms with Crippen molar-refractivity contribution in [1.29, 1.82) is 0 Å². The molecule has 128 valence electrons. The summed E-state index contributed by atoms with van der Waals surface area (Å²) in [5.41, 5.74) is 0.179. The molecule has 0 saturated carbocycles. The van der Waals surface area contributed by atoms with Gasteiger partial charge in [-0.3, -0.25) is 0 Å². The second-order valence-electron chi connectivity index (χ2n) is 5.54. The smallest absolute Gasteiger partial charge is 0.343 e. The average molecular weight is 338 g/mol. The SMILES string of the molecule is CCCCOc1ccc(C(=O)Oc2cc(=O)oc3ccccc23)cc1. The summed E-state index contributed by atoms with van der Waals surface area (Å²) in [7, 11) is 0. The van der Waals surface area contributed by atoms with E-state index in [1.54, 1.807) is 48.5 Å². The van der Waals surface area contributed by atoms with Gasteiger partial charge in [0.05, 0.1) is 23.6 Å². The van der Waals surface area contributed by atoms with E-state index in [-0.39, 0.29) is 5.75 Å². The standard InChI is InChI=1S/C20H18O5/c1-2-3-12-23-15-10-8-14(9-11-15)20(22)25-18-13-19(21)24-17-7-5-4-6-16(17)18/h4-11,13H,2-3,12H2,1H3. The molecule has 5 nitrogen and oxygen atoms in total. The monoisotopic (exact) mass is 338 g/mol. The molecule has 25 heavy (non-hydrogen) atoms. The third-order valence-electron chi connectivity index (χ3n) is 3.67. The van der Waals surface area contributed by atoms with E-state index in [0.717, 1.165) is 12.8 Å². The number of fused-ring (bicyclic) bond motifs is 1. The van der Waals surface area contributed by atoms with Crippen LogP contribution in [0.5, 0.6) is 11.5 Å². The lowest BCUT2D eigenvalue weighted by Gasteiger charge is -2.08. The number of ether oxygens (including phenoxy) is 2. The van der Waals surface area contributed by atoms with Crippen LogP contribution in [0.2, 0.25) is 0 Å². The Morgan fingerprint density at radius 3 is 2.60 bits per heavy atom. The molecule has 0 saturated heterocycles. The molecule has 0 atom stereocenters. The first kappa shape index (κ1) is 16.8. The Labute approximate surface area is 144 Å². The Morgan fingerprint density at radius 2 is 1.84 bits per heavy atom. The molecular formula is C20H18O5. The van der Waals surface area contributed by atoms with Gasteiger partial charge in [0.25, 0.3) is 0 Å². The number of carbonyl (C=O) groups is 1. The van der Waals surface area contributed by atoms with Gasteiger partial charge in [0.15, 0.2) is 0 Å². The van der Waals surface area contributed by atoms with Crippen LogP contribution in [0, 0.1) is 0 Å². The van der Waals surface area contributed by atoms with Crippen LogP contribution in [0.15, 0.2) is 63.8 Å². The van der Waals surface area contributed by atoms with Crippen molar-refractivity contribution in [3.63, 3.8) is 0 Å². The normalized spacial score (nSPS) is 10.6. The average Bonchev–Trinajstić information content (AvgIpc) is 2.62. The van der Waals surface area contributed by atoms with Crippen molar-refractivity contribution >= 4 is 16.9 Å². The van der Waals surface area contributed by atoms with Crippen LogP contribution in [-0.4, -0.2) is 12.6 Å². The van der Waals surface area contributed by atoms with Crippen LogP contribution in [-0.2, 0) is 0 Å². The van der Waals surface area contributed by atoms with Crippen LogP contribution in [0.4, 0.5) is 0 Å². The summed E-state index contributed by atoms with van der Waals surface area (Å²) in [6.45, 7) is 2.74. The Hall–Kier alpha value is -3.08. The van der Waals surface area contributed by atoms with Gasteiger partial charge in [-0.1, -0.05) is 25.5 Å². The van der Waals surface area contributed by atoms with Crippen LogP contribution < -0.4 is 15.1 Å². The van der Waals surface area contributed by atoms with Gasteiger partial charge in [0.1, 0.15) is 17.1 Å². The molecule has 5 heteroatoms. The van der Waals surface area contributed by atoms with E-state index in [9.17, 15) is 9.59 Å². The molecular weight excluding hydrogens is 320 g/mol. The highest BCUT2D eigenvalue weighted by Gasteiger charge is 2.13. The molecule has 2 aromatic carbocycles. The highest BCUT2D eigenvalue weighted by Crippen LogP contribution is 2.24. The molecule has 0 fully saturated rings. The van der Waals surface area contributed by atoms with Gasteiger partial charge in [0.2, 0.25) is 0 Å². The van der Waals surface area contributed by atoms with E-state index in [0.29, 0.717) is 28.9 Å². The fourth-order valence-corrected chi connectivity index (χ4v) is 2.35. The maximum atomic E-state index is 12.3. The largest absolute Gasteiger partial charge is 0.494 e. The minimum Gasteiger partial charge on any atom is -0.494 e. The number of hydrogen-bond donors (Lipinski definition) is 0. The third-order valence-corrected chi connectivity index (χ3v) is 3.67. The summed E-state index contributed by atoms with van der Waals surface area (Å²) in [5.74, 6) is 0.340. The van der Waals surface area contributed by atoms with Crippen molar-refractivity contribution in [3.05, 3.63) is 70.6 Å². The molecule has 0 radical (unpaired) electrons. The third kappa shape index (κ3) is 4.07. The zero-order valence-corrected chi connectivity index (χ0v) is 13.9. The van der Waals surface area contributed by atoms with Crippen molar-refractivity contribution < 1.29 is 18.7 Å². The van der Waals surface area contributed by atoms with Crippen molar-refractivity contribution in [1.82, 2.24) is 0 Å². The van der Waals surface area contributed by atoms with Gasteiger partial charge in [-0.2, -0.15) is 0 Å². The second-order valence-corrected chi connectivity index (χ2v) is 5.54. The number of hydrogen-bond acceptors (Lipinski definition) is 5. The molecule has 1 aromatic heterocycles. The lowest BCUT2D eigenvalue weighted by molar-refractivity contribution is 0.0736. The number of unbranched alkanes of at least 4 members (excludes halogenated alkanes) is 1. The van der Waals surface area contributed by atoms with Gasteiger partial charge >= 0.3 is 11.6 Å². The van der Waals surface area contributed by atoms with Crippen molar-refractivity contribution in [2.45, 2.75) is 19.8 Å². The molecule has 0 spiro atoms. The highest BCUT2D eigenvalue weighted by molar-refractivity contribution is 5.94. The molecule has 3 rings (SSSR count). The Bertz CT molecular complexity index is 925. The van der Waals surface area contributed by atoms with E-state index in [4.69, 9.17) is 13.9 Å². The Balaban J connectivity index is 1.77. The minimum absolute atomic E-state index is 0.181. The molecule has 3 aromatic rings. The zero-order chi connectivity index (χ0) is 17.6. The number of para-hydroxylation sites is 1. The summed E-state index contributed by atoms with van der Waals surface area (Å²) in [6, 6.07) is 14.8. The molecule has 0 unspecified atom stereocenters. The van der Waals surface area contributed by atoms with Crippen LogP contribution in [0.25, 0.3) is 11.0 Å². The number of esters is 1. The molecule has 0 aliphatic carbocycles. The van der Waals surface area contributed by atoms with Gasteiger partial charge in [-0.15, -0.1) is 0 Å². The number of rotatable bonds is 6. The molecule has 1 heterocycles. The fraction of sp³-hybridized carbons (Fsp3) is 0.200. The quantitative estimate of drug-likeness (QED) is 0.383. The topological polar surface area (TPSA) is 65.7 Å². The molecule has 0 bridgehead atoms. The van der Waals surface area contributed by atoms with Crippen LogP contribution >= 0.6 is 0 Å². The number of carbonyl (C=O) groups excluding carboxylic acids is 1. The first-order valence-corrected chi connectivity index (χ1v) is 8.15. The Morgan fingerprint density at radius 1 is 1.08 bits per heavy atom. The maximum absolute atomic E-state index is 12.3. The lowest BCUT2D eigenvalue weighted by atomic mass is 10.2. The zero-order valence-electron chi connectivity index (χ0n) is 13.9. The van der Waals surface area contributed by atoms with Gasteiger partial charge in [-0.05, 0) is 42.8 Å². The van der Waals surface area contributed by atoms with Crippen molar-refractivity contribution in [3.8, 4) is 11.5 Å². The first-order valence-electron chi connectivity index (χ1n) is 8.15. The second kappa shape index (κ2) is 7.66. The summed E-state index contributed by atoms with van der Waals surface area (Å²) in [5, 5.41) is 0.565. The summed E-state index contributed by atoms with van der Waals surface area (Å²) >= 11 is 0. The number of benzene rings is 2. The summed E-state index contributed by atoms with van der Waals surface area (Å²) in [4.78, 5) is 24.0. The minimum atomic E-state index is -0.568. The lowest BCUT2D eigenvalue weighted by Crippen LogP contribution is -2.10. The van der Waals surface area contributed by atoms with E-state index >= 15 is 0 Å². The Kier molecular flexibility index (Phi) is 5.14. The molecule has 0 amide bonds. The predicted octanol–water partition coefficient (Wildman–Crippen LogP) is 4.19. The first-order chi connectivity index (χ1) is 12.2.